The first-order valence-electron chi connectivity index (χ1n) is 5.73. The van der Waals surface area contributed by atoms with Crippen molar-refractivity contribution in [2.45, 2.75) is 6.92 Å². The minimum absolute atomic E-state index is 0.0678. The Bertz CT molecular complexity index is 694. The number of nitrogens with one attached hydrogen (secondary N) is 1. The molecular weight excluding hydrogens is 282 g/mol. The second-order valence-electron chi connectivity index (χ2n) is 4.22. The van der Waals surface area contributed by atoms with Gasteiger partial charge in [0.25, 0.3) is 5.91 Å². The fourth-order valence-corrected chi connectivity index (χ4v) is 2.11. The maximum absolute atomic E-state index is 12.1. The van der Waals surface area contributed by atoms with Crippen molar-refractivity contribution in [3.8, 4) is 0 Å². The molecule has 0 saturated heterocycles. The fourth-order valence-electron chi connectivity index (χ4n) is 1.86. The first-order valence-corrected chi connectivity index (χ1v) is 6.11. The van der Waals surface area contributed by atoms with E-state index >= 15 is 0 Å². The number of amides is 1. The lowest BCUT2D eigenvalue weighted by molar-refractivity contribution is 0.0698. The maximum atomic E-state index is 12.1. The molecule has 1 heterocycles. The molecule has 1 aromatic heterocycles. The quantitative estimate of drug-likeness (QED) is 0.909. The van der Waals surface area contributed by atoms with Crippen LogP contribution in [-0.2, 0) is 7.05 Å². The summed E-state index contributed by atoms with van der Waals surface area (Å²) in [5.41, 5.74) is 0.954. The molecule has 1 aromatic carbocycles. The Hall–Kier alpha value is -2.34. The van der Waals surface area contributed by atoms with Gasteiger partial charge in [-0.1, -0.05) is 17.7 Å². The molecule has 2 aromatic rings. The highest BCUT2D eigenvalue weighted by atomic mass is 35.5. The molecule has 2 N–H and O–H groups in total. The molecule has 104 valence electrons. The number of rotatable bonds is 3. The Kier molecular flexibility index (Phi) is 3.76. The molecule has 0 aliphatic rings. The average Bonchev–Trinajstić information content (AvgIpc) is 2.68. The van der Waals surface area contributed by atoms with Crippen LogP contribution in [0.4, 0.5) is 5.69 Å². The second-order valence-corrected chi connectivity index (χ2v) is 4.63. The van der Waals surface area contributed by atoms with E-state index in [1.165, 1.54) is 16.8 Å². The molecule has 0 spiro atoms. The van der Waals surface area contributed by atoms with Crippen molar-refractivity contribution < 1.29 is 14.7 Å². The predicted octanol–water partition coefficient (Wildman–Crippen LogP) is 2.33. The van der Waals surface area contributed by atoms with Crippen molar-refractivity contribution in [2.24, 2.45) is 7.05 Å². The largest absolute Gasteiger partial charge is 0.478 e. The van der Waals surface area contributed by atoms with Crippen LogP contribution >= 0.6 is 11.6 Å². The highest BCUT2D eigenvalue weighted by molar-refractivity contribution is 6.34. The van der Waals surface area contributed by atoms with Crippen LogP contribution in [0.15, 0.2) is 24.4 Å². The summed E-state index contributed by atoms with van der Waals surface area (Å²) in [7, 11) is 1.70. The van der Waals surface area contributed by atoms with Crippen molar-refractivity contribution in [3.05, 3.63) is 46.2 Å². The number of halogens is 1. The average molecular weight is 294 g/mol. The molecule has 0 aliphatic carbocycles. The number of carboxylic acid groups (broad SMARTS) is 1. The molecular formula is C13H12ClN3O3. The van der Waals surface area contributed by atoms with E-state index in [1.54, 1.807) is 26.2 Å². The molecule has 0 saturated carbocycles. The van der Waals surface area contributed by atoms with Gasteiger partial charge in [-0.25, -0.2) is 4.79 Å². The zero-order valence-electron chi connectivity index (χ0n) is 10.8. The van der Waals surface area contributed by atoms with Gasteiger partial charge in [-0.3, -0.25) is 9.48 Å². The number of aryl methyl sites for hydroxylation is 2. The Morgan fingerprint density at radius 1 is 1.40 bits per heavy atom. The summed E-state index contributed by atoms with van der Waals surface area (Å²) in [5, 5.41) is 15.8. The van der Waals surface area contributed by atoms with Gasteiger partial charge in [0.05, 0.1) is 22.0 Å². The number of aromatic carboxylic acids is 1. The van der Waals surface area contributed by atoms with Gasteiger partial charge in [0.1, 0.15) is 5.56 Å². The third kappa shape index (κ3) is 2.65. The number of anilines is 1. The maximum Gasteiger partial charge on any atom is 0.339 e. The lowest BCUT2D eigenvalue weighted by Gasteiger charge is -2.09. The smallest absolute Gasteiger partial charge is 0.339 e. The minimum atomic E-state index is -1.20. The van der Waals surface area contributed by atoms with Crippen molar-refractivity contribution >= 4 is 29.2 Å². The zero-order chi connectivity index (χ0) is 14.9. The van der Waals surface area contributed by atoms with Crippen LogP contribution in [0.3, 0.4) is 0 Å². The summed E-state index contributed by atoms with van der Waals surface area (Å²) in [6.45, 7) is 1.70. The van der Waals surface area contributed by atoms with Gasteiger partial charge in [-0.15, -0.1) is 0 Å². The van der Waals surface area contributed by atoms with Crippen molar-refractivity contribution in [1.82, 2.24) is 9.78 Å². The zero-order valence-corrected chi connectivity index (χ0v) is 11.6. The molecule has 2 rings (SSSR count). The first kappa shape index (κ1) is 14.1. The Morgan fingerprint density at radius 3 is 2.65 bits per heavy atom. The molecule has 0 atom stereocenters. The van der Waals surface area contributed by atoms with Crippen LogP contribution in [0.25, 0.3) is 0 Å². The van der Waals surface area contributed by atoms with Crippen molar-refractivity contribution in [3.63, 3.8) is 0 Å². The van der Waals surface area contributed by atoms with Crippen LogP contribution < -0.4 is 5.32 Å². The number of benzene rings is 1. The van der Waals surface area contributed by atoms with E-state index in [1.807, 2.05) is 0 Å². The van der Waals surface area contributed by atoms with Gasteiger partial charge in [-0.05, 0) is 19.1 Å². The molecule has 0 unspecified atom stereocenters. The lowest BCUT2D eigenvalue weighted by atomic mass is 10.1. The van der Waals surface area contributed by atoms with Gasteiger partial charge in [0.2, 0.25) is 0 Å². The van der Waals surface area contributed by atoms with Crippen LogP contribution in [0.2, 0.25) is 5.02 Å². The molecule has 20 heavy (non-hydrogen) atoms. The molecule has 0 bridgehead atoms. The Labute approximate surface area is 120 Å². The summed E-state index contributed by atoms with van der Waals surface area (Å²) < 4.78 is 1.51. The molecule has 1 amide bonds. The number of carbonyl (C=O) groups is 2. The standard InChI is InChI=1S/C13H12ClN3O3/c1-7-8(6-17(2)16-7)12(18)15-10-5-3-4-9(14)11(10)13(19)20/h3-6H,1-2H3,(H,15,18)(H,19,20). The SMILES string of the molecule is Cc1nn(C)cc1C(=O)Nc1cccc(Cl)c1C(=O)O. The van der Waals surface area contributed by atoms with E-state index in [0.29, 0.717) is 11.3 Å². The highest BCUT2D eigenvalue weighted by Crippen LogP contribution is 2.25. The van der Waals surface area contributed by atoms with E-state index in [4.69, 9.17) is 16.7 Å². The summed E-state index contributed by atoms with van der Waals surface area (Å²) in [6.07, 6.45) is 1.57. The highest BCUT2D eigenvalue weighted by Gasteiger charge is 2.18. The summed E-state index contributed by atoms with van der Waals surface area (Å²) in [5.74, 6) is -1.63. The van der Waals surface area contributed by atoms with Crippen LogP contribution in [0, 0.1) is 6.92 Å². The minimum Gasteiger partial charge on any atom is -0.478 e. The topological polar surface area (TPSA) is 84.2 Å². The van der Waals surface area contributed by atoms with Gasteiger partial charge in [0.15, 0.2) is 0 Å². The van der Waals surface area contributed by atoms with E-state index in [0.717, 1.165) is 0 Å². The first-order chi connectivity index (χ1) is 9.40. The number of aromatic nitrogens is 2. The predicted molar refractivity (Wildman–Crippen MR) is 74.3 cm³/mol. The number of hydrogen-bond donors (Lipinski definition) is 2. The third-order valence-electron chi connectivity index (χ3n) is 2.73. The normalized spacial score (nSPS) is 10.3. The molecule has 0 aliphatic heterocycles. The summed E-state index contributed by atoms with van der Waals surface area (Å²) >= 11 is 5.84. The summed E-state index contributed by atoms with van der Waals surface area (Å²) in [4.78, 5) is 23.3. The van der Waals surface area contributed by atoms with E-state index in [9.17, 15) is 9.59 Å². The number of hydrogen-bond acceptors (Lipinski definition) is 3. The Morgan fingerprint density at radius 2 is 2.10 bits per heavy atom. The monoisotopic (exact) mass is 293 g/mol. The third-order valence-corrected chi connectivity index (χ3v) is 3.05. The summed E-state index contributed by atoms with van der Waals surface area (Å²) in [6, 6.07) is 4.51. The van der Waals surface area contributed by atoms with E-state index < -0.39 is 11.9 Å². The molecule has 0 radical (unpaired) electrons. The van der Waals surface area contributed by atoms with E-state index in [-0.39, 0.29) is 16.3 Å². The van der Waals surface area contributed by atoms with Gasteiger partial charge in [-0.2, -0.15) is 5.10 Å². The fraction of sp³-hybridized carbons (Fsp3) is 0.154. The number of carbonyl (C=O) groups excluding carboxylic acids is 1. The van der Waals surface area contributed by atoms with Crippen LogP contribution in [0.5, 0.6) is 0 Å². The molecule has 6 nitrogen and oxygen atoms in total. The van der Waals surface area contributed by atoms with Crippen LogP contribution in [-0.4, -0.2) is 26.8 Å². The van der Waals surface area contributed by atoms with Crippen molar-refractivity contribution in [2.75, 3.05) is 5.32 Å². The van der Waals surface area contributed by atoms with Crippen LogP contribution in [0.1, 0.15) is 26.4 Å². The van der Waals surface area contributed by atoms with Gasteiger partial charge in [0, 0.05) is 13.2 Å². The number of carboxylic acids is 1. The van der Waals surface area contributed by atoms with Gasteiger partial charge >= 0.3 is 5.97 Å². The molecule has 7 heteroatoms. The van der Waals surface area contributed by atoms with Gasteiger partial charge < -0.3 is 10.4 Å². The number of nitrogens with zero attached hydrogens (tertiary/aromatic N) is 2. The van der Waals surface area contributed by atoms with Crippen molar-refractivity contribution in [1.29, 1.82) is 0 Å². The lowest BCUT2D eigenvalue weighted by Crippen LogP contribution is -2.15. The van der Waals surface area contributed by atoms with E-state index in [2.05, 4.69) is 10.4 Å². The molecule has 0 fully saturated rings. The Balaban J connectivity index is 2.36. The second kappa shape index (κ2) is 5.34.